The van der Waals surface area contributed by atoms with Gasteiger partial charge in [-0.1, -0.05) is 0 Å². The third-order valence-corrected chi connectivity index (χ3v) is 3.32. The molecule has 1 N–H and O–H groups in total. The van der Waals surface area contributed by atoms with Crippen LogP contribution >= 0.6 is 0 Å². The van der Waals surface area contributed by atoms with E-state index < -0.39 is 0 Å². The van der Waals surface area contributed by atoms with Gasteiger partial charge in [-0.05, 0) is 67.0 Å². The van der Waals surface area contributed by atoms with Crippen molar-refractivity contribution in [3.8, 4) is 0 Å². The summed E-state index contributed by atoms with van der Waals surface area (Å²) in [4.78, 5) is 0. The quantitative estimate of drug-likeness (QED) is 0.872. The lowest BCUT2D eigenvalue weighted by atomic mass is 10.1. The second-order valence-electron chi connectivity index (χ2n) is 6.05. The lowest BCUT2D eigenvalue weighted by molar-refractivity contribution is 0.376. The van der Waals surface area contributed by atoms with Gasteiger partial charge in [-0.15, -0.1) is 0 Å². The smallest absolute Gasteiger partial charge is 0.0625 e. The van der Waals surface area contributed by atoms with Gasteiger partial charge in [-0.2, -0.15) is 5.10 Å². The molecule has 0 saturated carbocycles. The van der Waals surface area contributed by atoms with E-state index in [1.165, 1.54) is 11.3 Å². The van der Waals surface area contributed by atoms with E-state index in [1.807, 2.05) is 0 Å². The molecule has 0 spiro atoms. The molecule has 1 aromatic heterocycles. The van der Waals surface area contributed by atoms with E-state index in [-0.39, 0.29) is 5.54 Å². The van der Waals surface area contributed by atoms with E-state index in [4.69, 9.17) is 0 Å². The fourth-order valence-electron chi connectivity index (χ4n) is 1.95. The molecule has 17 heavy (non-hydrogen) atoms. The molecule has 1 rings (SSSR count). The van der Waals surface area contributed by atoms with Gasteiger partial charge in [0.05, 0.1) is 11.7 Å². The van der Waals surface area contributed by atoms with Crippen molar-refractivity contribution >= 4 is 0 Å². The molecule has 0 aliphatic carbocycles. The molecule has 1 unspecified atom stereocenters. The number of hydrogen-bond acceptors (Lipinski definition) is 2. The largest absolute Gasteiger partial charge is 0.312 e. The van der Waals surface area contributed by atoms with Crippen LogP contribution in [0.5, 0.6) is 0 Å². The van der Waals surface area contributed by atoms with Gasteiger partial charge in [-0.25, -0.2) is 0 Å². The Labute approximate surface area is 106 Å². The molecular weight excluding hydrogens is 210 g/mol. The molecule has 98 valence electrons. The predicted octanol–water partition coefficient (Wildman–Crippen LogP) is 3.15. The zero-order valence-electron chi connectivity index (χ0n) is 12.4. The van der Waals surface area contributed by atoms with Crippen LogP contribution < -0.4 is 5.32 Å². The fraction of sp³-hybridized carbons (Fsp3) is 0.786. The second kappa shape index (κ2) is 5.21. The summed E-state index contributed by atoms with van der Waals surface area (Å²) in [6.45, 7) is 16.3. The molecular formula is C14H27N3. The lowest BCUT2D eigenvalue weighted by Crippen LogP contribution is -2.37. The Bertz CT molecular complexity index is 372. The van der Waals surface area contributed by atoms with Crippen molar-refractivity contribution in [3.63, 3.8) is 0 Å². The van der Waals surface area contributed by atoms with E-state index >= 15 is 0 Å². The molecule has 3 heteroatoms. The zero-order valence-corrected chi connectivity index (χ0v) is 12.4. The molecule has 0 aromatic carbocycles. The average Bonchev–Trinajstić information content (AvgIpc) is 2.44. The normalized spacial score (nSPS) is 14.1. The van der Waals surface area contributed by atoms with Crippen LogP contribution in [-0.4, -0.2) is 21.9 Å². The van der Waals surface area contributed by atoms with Crippen LogP contribution in [0.4, 0.5) is 0 Å². The number of nitrogens with zero attached hydrogens (tertiary/aromatic N) is 2. The molecule has 1 atom stereocenters. The Morgan fingerprint density at radius 1 is 1.24 bits per heavy atom. The first-order valence-corrected chi connectivity index (χ1v) is 6.49. The standard InChI is InChI=1S/C14H27N3/c1-10(8-9-15-14(5,6)7)17-13(4)11(2)12(3)16-17/h10,15H,8-9H2,1-7H3. The molecule has 3 nitrogen and oxygen atoms in total. The van der Waals surface area contributed by atoms with Crippen LogP contribution in [0, 0.1) is 20.8 Å². The predicted molar refractivity (Wildman–Crippen MR) is 73.5 cm³/mol. The molecule has 1 aromatic rings. The minimum atomic E-state index is 0.199. The minimum Gasteiger partial charge on any atom is -0.312 e. The van der Waals surface area contributed by atoms with Crippen LogP contribution in [0.3, 0.4) is 0 Å². The van der Waals surface area contributed by atoms with Gasteiger partial charge >= 0.3 is 0 Å². The third kappa shape index (κ3) is 3.84. The average molecular weight is 237 g/mol. The molecule has 0 aliphatic heterocycles. The molecule has 0 radical (unpaired) electrons. The Balaban J connectivity index is 2.58. The fourth-order valence-corrected chi connectivity index (χ4v) is 1.95. The summed E-state index contributed by atoms with van der Waals surface area (Å²) in [6.07, 6.45) is 1.11. The Hall–Kier alpha value is -0.830. The maximum Gasteiger partial charge on any atom is 0.0625 e. The van der Waals surface area contributed by atoms with Crippen molar-refractivity contribution in [2.75, 3.05) is 6.54 Å². The number of aryl methyl sites for hydroxylation is 1. The summed E-state index contributed by atoms with van der Waals surface area (Å²) in [5, 5.41) is 8.14. The summed E-state index contributed by atoms with van der Waals surface area (Å²) >= 11 is 0. The van der Waals surface area contributed by atoms with Crippen LogP contribution in [0.15, 0.2) is 0 Å². The second-order valence-corrected chi connectivity index (χ2v) is 6.05. The van der Waals surface area contributed by atoms with Gasteiger partial charge < -0.3 is 5.32 Å². The first-order chi connectivity index (χ1) is 7.72. The number of nitrogens with one attached hydrogen (secondary N) is 1. The van der Waals surface area contributed by atoms with E-state index in [0.717, 1.165) is 18.7 Å². The van der Waals surface area contributed by atoms with Crippen molar-refractivity contribution < 1.29 is 0 Å². The van der Waals surface area contributed by atoms with Crippen molar-refractivity contribution in [2.24, 2.45) is 0 Å². The molecule has 1 heterocycles. The summed E-state index contributed by atoms with van der Waals surface area (Å²) in [6, 6.07) is 0.456. The Morgan fingerprint density at radius 2 is 1.82 bits per heavy atom. The monoisotopic (exact) mass is 237 g/mol. The van der Waals surface area contributed by atoms with E-state index in [9.17, 15) is 0 Å². The van der Waals surface area contributed by atoms with E-state index in [2.05, 4.69) is 63.6 Å². The number of rotatable bonds is 4. The third-order valence-electron chi connectivity index (χ3n) is 3.32. The van der Waals surface area contributed by atoms with Gasteiger partial charge in [0.1, 0.15) is 0 Å². The summed E-state index contributed by atoms with van der Waals surface area (Å²) in [5.74, 6) is 0. The summed E-state index contributed by atoms with van der Waals surface area (Å²) in [7, 11) is 0. The van der Waals surface area contributed by atoms with E-state index in [1.54, 1.807) is 0 Å². The molecule has 0 fully saturated rings. The van der Waals surface area contributed by atoms with Gasteiger partial charge in [0.25, 0.3) is 0 Å². The van der Waals surface area contributed by atoms with Gasteiger partial charge in [0.2, 0.25) is 0 Å². The molecule has 0 amide bonds. The Morgan fingerprint density at radius 3 is 2.24 bits per heavy atom. The van der Waals surface area contributed by atoms with Gasteiger partial charge in [0, 0.05) is 11.2 Å². The van der Waals surface area contributed by atoms with Crippen LogP contribution in [0.2, 0.25) is 0 Å². The van der Waals surface area contributed by atoms with Gasteiger partial charge in [-0.3, -0.25) is 4.68 Å². The maximum absolute atomic E-state index is 4.61. The highest BCUT2D eigenvalue weighted by Gasteiger charge is 2.14. The number of aromatic nitrogens is 2. The highest BCUT2D eigenvalue weighted by atomic mass is 15.3. The van der Waals surface area contributed by atoms with Crippen molar-refractivity contribution in [2.45, 2.75) is 66.5 Å². The van der Waals surface area contributed by atoms with Crippen molar-refractivity contribution in [3.05, 3.63) is 17.0 Å². The van der Waals surface area contributed by atoms with Gasteiger partial charge in [0.15, 0.2) is 0 Å². The topological polar surface area (TPSA) is 29.9 Å². The minimum absolute atomic E-state index is 0.199. The van der Waals surface area contributed by atoms with E-state index in [0.29, 0.717) is 6.04 Å². The highest BCUT2D eigenvalue weighted by molar-refractivity contribution is 5.22. The van der Waals surface area contributed by atoms with Crippen LogP contribution in [0.1, 0.15) is 57.1 Å². The summed E-state index contributed by atoms with van der Waals surface area (Å²) in [5.41, 5.74) is 3.97. The van der Waals surface area contributed by atoms with Crippen molar-refractivity contribution in [1.82, 2.24) is 15.1 Å². The van der Waals surface area contributed by atoms with Crippen molar-refractivity contribution in [1.29, 1.82) is 0 Å². The molecule has 0 bridgehead atoms. The SMILES string of the molecule is Cc1nn(C(C)CCNC(C)(C)C)c(C)c1C. The maximum atomic E-state index is 4.61. The first kappa shape index (κ1) is 14.2. The van der Waals surface area contributed by atoms with Crippen LogP contribution in [0.25, 0.3) is 0 Å². The number of hydrogen-bond donors (Lipinski definition) is 1. The lowest BCUT2D eigenvalue weighted by Gasteiger charge is -2.22. The Kier molecular flexibility index (Phi) is 4.36. The molecule has 0 saturated heterocycles. The zero-order chi connectivity index (χ0) is 13.2. The first-order valence-electron chi connectivity index (χ1n) is 6.49. The highest BCUT2D eigenvalue weighted by Crippen LogP contribution is 2.18. The summed E-state index contributed by atoms with van der Waals surface area (Å²) < 4.78 is 2.16. The molecule has 0 aliphatic rings. The van der Waals surface area contributed by atoms with Crippen LogP contribution in [-0.2, 0) is 0 Å².